The van der Waals surface area contributed by atoms with Crippen LogP contribution in [0.1, 0.15) is 77.3 Å². The van der Waals surface area contributed by atoms with Crippen LogP contribution in [-0.4, -0.2) is 74.0 Å². The molecule has 0 N–H and O–H groups in total. The average Bonchev–Trinajstić information content (AvgIpc) is 3.77. The highest BCUT2D eigenvalue weighted by molar-refractivity contribution is 9.10. The summed E-state index contributed by atoms with van der Waals surface area (Å²) in [6.45, 7) is 14.3. The molecule has 2 aliphatic rings. The molecule has 9 nitrogen and oxygen atoms in total. The summed E-state index contributed by atoms with van der Waals surface area (Å²) in [6, 6.07) is 18.7. The van der Waals surface area contributed by atoms with Crippen LogP contribution in [0, 0.1) is 0 Å². The highest BCUT2D eigenvalue weighted by atomic mass is 79.9. The summed E-state index contributed by atoms with van der Waals surface area (Å²) < 4.78 is 13.7. The number of carbonyl (C=O) groups is 2. The number of aromatic nitrogens is 3. The van der Waals surface area contributed by atoms with E-state index < -0.39 is 11.2 Å². The summed E-state index contributed by atoms with van der Waals surface area (Å²) in [5.41, 5.74) is 4.62. The predicted octanol–water partition coefficient (Wildman–Crippen LogP) is 8.29. The molecule has 2 fully saturated rings. The van der Waals surface area contributed by atoms with Crippen LogP contribution >= 0.6 is 15.9 Å². The second-order valence-corrected chi connectivity index (χ2v) is 14.9. The lowest BCUT2D eigenvalue weighted by molar-refractivity contribution is 0.0282. The van der Waals surface area contributed by atoms with E-state index in [9.17, 15) is 9.59 Å². The zero-order valence-corrected chi connectivity index (χ0v) is 29.2. The van der Waals surface area contributed by atoms with Crippen molar-refractivity contribution < 1.29 is 19.1 Å². The van der Waals surface area contributed by atoms with Gasteiger partial charge in [0, 0.05) is 66.5 Å². The van der Waals surface area contributed by atoms with E-state index in [2.05, 4.69) is 62.4 Å². The molecule has 0 saturated carbocycles. The van der Waals surface area contributed by atoms with Crippen molar-refractivity contribution in [2.24, 2.45) is 0 Å². The van der Waals surface area contributed by atoms with Crippen molar-refractivity contribution in [1.29, 1.82) is 0 Å². The van der Waals surface area contributed by atoms with Gasteiger partial charge in [-0.1, -0.05) is 52.3 Å². The van der Waals surface area contributed by atoms with Crippen molar-refractivity contribution in [3.63, 3.8) is 0 Å². The molecule has 6 rings (SSSR count). The average molecular weight is 691 g/mol. The van der Waals surface area contributed by atoms with Gasteiger partial charge in [0.05, 0.1) is 6.20 Å². The minimum absolute atomic E-state index is 0.202. The van der Waals surface area contributed by atoms with Crippen LogP contribution in [0.5, 0.6) is 0 Å². The Hall–Kier alpha value is -3.92. The van der Waals surface area contributed by atoms with Gasteiger partial charge in [0.15, 0.2) is 5.65 Å². The normalized spacial score (nSPS) is 18.3. The Morgan fingerprint density at radius 2 is 1.24 bits per heavy atom. The number of fused-ring (bicyclic) bond motifs is 1. The SMILES string of the molecule is CC(C)(C)OC(=O)N1CCC(c2ccc(-c3cnc4ccnn4c3)cc2)C1.CC(C)(C)OC(=O)N1CCC(c2ccc(Br)cc2)C1. The fourth-order valence-corrected chi connectivity index (χ4v) is 5.96. The molecule has 2 unspecified atom stereocenters. The highest BCUT2D eigenvalue weighted by Crippen LogP contribution is 2.31. The molecule has 244 valence electrons. The molecular formula is C36H44BrN5O4. The second kappa shape index (κ2) is 13.8. The van der Waals surface area contributed by atoms with E-state index in [0.717, 1.165) is 53.7 Å². The second-order valence-electron chi connectivity index (χ2n) is 14.0. The Bertz CT molecular complexity index is 1640. The van der Waals surface area contributed by atoms with Crippen LogP contribution in [0.25, 0.3) is 16.8 Å². The Balaban J connectivity index is 0.000000193. The van der Waals surface area contributed by atoms with Gasteiger partial charge >= 0.3 is 12.2 Å². The Labute approximate surface area is 280 Å². The molecule has 0 radical (unpaired) electrons. The van der Waals surface area contributed by atoms with E-state index in [1.165, 1.54) is 11.1 Å². The zero-order valence-electron chi connectivity index (χ0n) is 27.6. The summed E-state index contributed by atoms with van der Waals surface area (Å²) in [4.78, 5) is 32.3. The number of amides is 2. The van der Waals surface area contributed by atoms with Gasteiger partial charge in [0.25, 0.3) is 0 Å². The number of halogens is 1. The van der Waals surface area contributed by atoms with Crippen molar-refractivity contribution in [3.05, 3.63) is 88.8 Å². The first kappa shape index (κ1) is 33.4. The molecule has 0 bridgehead atoms. The van der Waals surface area contributed by atoms with Crippen molar-refractivity contribution in [2.45, 2.75) is 77.4 Å². The summed E-state index contributed by atoms with van der Waals surface area (Å²) >= 11 is 3.44. The fourth-order valence-electron chi connectivity index (χ4n) is 5.69. The van der Waals surface area contributed by atoms with Crippen LogP contribution in [0.3, 0.4) is 0 Å². The first-order chi connectivity index (χ1) is 21.7. The molecule has 0 aliphatic carbocycles. The number of likely N-dealkylation sites (tertiary alicyclic amines) is 2. The Kier molecular flexibility index (Phi) is 10.1. The third-order valence-electron chi connectivity index (χ3n) is 7.98. The van der Waals surface area contributed by atoms with Gasteiger partial charge in [-0.15, -0.1) is 0 Å². The lowest BCUT2D eigenvalue weighted by atomic mass is 9.96. The van der Waals surface area contributed by atoms with E-state index in [0.29, 0.717) is 18.4 Å². The lowest BCUT2D eigenvalue weighted by Crippen LogP contribution is -2.35. The van der Waals surface area contributed by atoms with Gasteiger partial charge < -0.3 is 19.3 Å². The quantitative estimate of drug-likeness (QED) is 0.215. The maximum absolute atomic E-state index is 12.3. The Morgan fingerprint density at radius 3 is 1.74 bits per heavy atom. The van der Waals surface area contributed by atoms with E-state index in [1.807, 2.05) is 72.1 Å². The van der Waals surface area contributed by atoms with Crippen LogP contribution < -0.4 is 0 Å². The first-order valence-electron chi connectivity index (χ1n) is 15.9. The van der Waals surface area contributed by atoms with E-state index in [4.69, 9.17) is 9.47 Å². The molecule has 2 saturated heterocycles. The number of nitrogens with zero attached hydrogens (tertiary/aromatic N) is 5. The van der Waals surface area contributed by atoms with Crippen molar-refractivity contribution in [3.8, 4) is 11.1 Å². The zero-order chi connectivity index (χ0) is 33.1. The standard InChI is InChI=1S/C21H24N4O2.C15H20BrNO2/c1-21(2,3)27-20(26)24-11-9-17(13-24)15-4-6-16(7-5-15)18-12-22-19-8-10-23-25(19)14-18;1-15(2,3)19-14(18)17-9-8-12(10-17)11-4-6-13(16)7-5-11/h4-8,10,12,14,17H,9,11,13H2,1-3H3;4-7,12H,8-10H2,1-3H3. The van der Waals surface area contributed by atoms with Crippen molar-refractivity contribution in [2.75, 3.05) is 26.2 Å². The minimum Gasteiger partial charge on any atom is -0.444 e. The van der Waals surface area contributed by atoms with Gasteiger partial charge in [-0.3, -0.25) is 0 Å². The van der Waals surface area contributed by atoms with Crippen LogP contribution in [0.15, 0.2) is 77.7 Å². The molecule has 2 atom stereocenters. The third-order valence-corrected chi connectivity index (χ3v) is 8.51. The Morgan fingerprint density at radius 1 is 0.739 bits per heavy atom. The summed E-state index contributed by atoms with van der Waals surface area (Å²) in [5.74, 6) is 0.763. The van der Waals surface area contributed by atoms with Crippen molar-refractivity contribution in [1.82, 2.24) is 24.4 Å². The van der Waals surface area contributed by atoms with Crippen molar-refractivity contribution >= 4 is 33.8 Å². The summed E-state index contributed by atoms with van der Waals surface area (Å²) in [6.07, 6.45) is 7.13. The molecular weight excluding hydrogens is 646 g/mol. The fraction of sp³-hybridized carbons (Fsp3) is 0.444. The van der Waals surface area contributed by atoms with Gasteiger partial charge in [-0.25, -0.2) is 19.1 Å². The summed E-state index contributed by atoms with van der Waals surface area (Å²) in [7, 11) is 0. The van der Waals surface area contributed by atoms with Gasteiger partial charge in [0.1, 0.15) is 11.2 Å². The number of hydrogen-bond donors (Lipinski definition) is 0. The molecule has 2 aromatic carbocycles. The number of ether oxygens (including phenoxy) is 2. The van der Waals surface area contributed by atoms with E-state index >= 15 is 0 Å². The molecule has 2 aliphatic heterocycles. The monoisotopic (exact) mass is 689 g/mol. The maximum atomic E-state index is 12.3. The van der Waals surface area contributed by atoms with Gasteiger partial charge in [0.2, 0.25) is 0 Å². The van der Waals surface area contributed by atoms with E-state index in [1.54, 1.807) is 20.5 Å². The maximum Gasteiger partial charge on any atom is 0.410 e. The molecule has 4 heterocycles. The number of rotatable bonds is 3. The lowest BCUT2D eigenvalue weighted by Gasteiger charge is -2.24. The van der Waals surface area contributed by atoms with Crippen LogP contribution in [-0.2, 0) is 9.47 Å². The first-order valence-corrected chi connectivity index (χ1v) is 16.6. The minimum atomic E-state index is -0.458. The molecule has 4 aromatic rings. The van der Waals surface area contributed by atoms with Crippen LogP contribution in [0.4, 0.5) is 9.59 Å². The molecule has 2 amide bonds. The van der Waals surface area contributed by atoms with Crippen LogP contribution in [0.2, 0.25) is 0 Å². The number of carbonyl (C=O) groups excluding carboxylic acids is 2. The number of hydrogen-bond acceptors (Lipinski definition) is 6. The van der Waals surface area contributed by atoms with Gasteiger partial charge in [-0.05, 0) is 83.2 Å². The molecule has 10 heteroatoms. The van der Waals surface area contributed by atoms with Gasteiger partial charge in [-0.2, -0.15) is 5.10 Å². The largest absolute Gasteiger partial charge is 0.444 e. The third kappa shape index (κ3) is 8.87. The molecule has 0 spiro atoms. The molecule has 46 heavy (non-hydrogen) atoms. The summed E-state index contributed by atoms with van der Waals surface area (Å²) in [5, 5.41) is 4.24. The van der Waals surface area contributed by atoms with E-state index in [-0.39, 0.29) is 12.2 Å². The molecule has 2 aromatic heterocycles. The highest BCUT2D eigenvalue weighted by Gasteiger charge is 2.31. The topological polar surface area (TPSA) is 89.3 Å². The number of benzene rings is 2. The predicted molar refractivity (Wildman–Crippen MR) is 183 cm³/mol. The smallest absolute Gasteiger partial charge is 0.410 e.